The second-order valence-corrected chi connectivity index (χ2v) is 5.88. The number of carbonyl (C=O) groups excluding carboxylic acids is 1. The van der Waals surface area contributed by atoms with Gasteiger partial charge in [0.2, 0.25) is 5.91 Å². The monoisotopic (exact) mass is 275 g/mol. The normalized spacial score (nSPS) is 17.5. The minimum Gasteiger partial charge on any atom is -0.478 e. The van der Waals surface area contributed by atoms with Crippen molar-refractivity contribution in [1.82, 2.24) is 0 Å². The molecule has 1 saturated carbocycles. The average Bonchev–Trinajstić information content (AvgIpc) is 2.41. The Labute approximate surface area is 119 Å². The molecule has 2 rings (SSSR count). The smallest absolute Gasteiger partial charge is 0.337 e. The average molecular weight is 275 g/mol. The van der Waals surface area contributed by atoms with Crippen LogP contribution in [-0.2, 0) is 4.79 Å². The number of amides is 1. The first-order chi connectivity index (χ1) is 9.44. The van der Waals surface area contributed by atoms with Crippen LogP contribution in [0.5, 0.6) is 0 Å². The van der Waals surface area contributed by atoms with Gasteiger partial charge in [0.15, 0.2) is 0 Å². The Kier molecular flexibility index (Phi) is 4.12. The van der Waals surface area contributed by atoms with Crippen molar-refractivity contribution in [2.24, 2.45) is 5.41 Å². The molecule has 1 aliphatic rings. The van der Waals surface area contributed by atoms with E-state index in [0.717, 1.165) is 31.2 Å². The molecule has 0 aliphatic heterocycles. The summed E-state index contributed by atoms with van der Waals surface area (Å²) < 4.78 is 0. The molecule has 1 aliphatic carbocycles. The van der Waals surface area contributed by atoms with Gasteiger partial charge in [0.05, 0.1) is 11.3 Å². The van der Waals surface area contributed by atoms with Gasteiger partial charge in [0, 0.05) is 5.41 Å². The standard InChI is InChI=1S/C16H21NO3/c1-11-7-6-8-12(14(18)19)13(11)17-15(20)16(2)9-4-3-5-10-16/h6-8H,3-5,9-10H2,1-2H3,(H,17,20)(H,18,19). The van der Waals surface area contributed by atoms with E-state index < -0.39 is 5.97 Å². The lowest BCUT2D eigenvalue weighted by Gasteiger charge is -2.32. The summed E-state index contributed by atoms with van der Waals surface area (Å²) in [7, 11) is 0. The van der Waals surface area contributed by atoms with Crippen LogP contribution in [0.3, 0.4) is 0 Å². The van der Waals surface area contributed by atoms with Crippen molar-refractivity contribution in [2.45, 2.75) is 46.0 Å². The van der Waals surface area contributed by atoms with Gasteiger partial charge in [-0.2, -0.15) is 0 Å². The van der Waals surface area contributed by atoms with Crippen LogP contribution in [-0.4, -0.2) is 17.0 Å². The Morgan fingerprint density at radius 1 is 1.20 bits per heavy atom. The van der Waals surface area contributed by atoms with Gasteiger partial charge in [-0.25, -0.2) is 4.79 Å². The second-order valence-electron chi connectivity index (χ2n) is 5.88. The molecule has 108 valence electrons. The van der Waals surface area contributed by atoms with Crippen LogP contribution in [0.2, 0.25) is 0 Å². The maximum Gasteiger partial charge on any atom is 0.337 e. The fourth-order valence-corrected chi connectivity index (χ4v) is 2.84. The Morgan fingerprint density at radius 2 is 1.85 bits per heavy atom. The summed E-state index contributed by atoms with van der Waals surface area (Å²) in [5, 5.41) is 12.1. The SMILES string of the molecule is Cc1cccc(C(=O)O)c1NC(=O)C1(C)CCCCC1. The molecule has 4 nitrogen and oxygen atoms in total. The minimum atomic E-state index is -1.02. The van der Waals surface area contributed by atoms with E-state index in [0.29, 0.717) is 5.69 Å². The Morgan fingerprint density at radius 3 is 2.45 bits per heavy atom. The van der Waals surface area contributed by atoms with Gasteiger partial charge in [-0.1, -0.05) is 38.3 Å². The van der Waals surface area contributed by atoms with Gasteiger partial charge in [-0.3, -0.25) is 4.79 Å². The first-order valence-corrected chi connectivity index (χ1v) is 7.08. The van der Waals surface area contributed by atoms with Gasteiger partial charge >= 0.3 is 5.97 Å². The van der Waals surface area contributed by atoms with Crippen LogP contribution in [0, 0.1) is 12.3 Å². The van der Waals surface area contributed by atoms with Crippen molar-refractivity contribution in [1.29, 1.82) is 0 Å². The van der Waals surface area contributed by atoms with Crippen molar-refractivity contribution in [2.75, 3.05) is 5.32 Å². The van der Waals surface area contributed by atoms with E-state index in [1.807, 2.05) is 19.9 Å². The quantitative estimate of drug-likeness (QED) is 0.885. The third-order valence-electron chi connectivity index (χ3n) is 4.25. The van der Waals surface area contributed by atoms with Crippen molar-refractivity contribution < 1.29 is 14.7 Å². The molecular weight excluding hydrogens is 254 g/mol. The number of aryl methyl sites for hydroxylation is 1. The zero-order valence-corrected chi connectivity index (χ0v) is 12.0. The molecule has 0 heterocycles. The van der Waals surface area contributed by atoms with Crippen LogP contribution in [0.4, 0.5) is 5.69 Å². The molecule has 1 amide bonds. The Bertz CT molecular complexity index is 531. The highest BCUT2D eigenvalue weighted by Crippen LogP contribution is 2.37. The summed E-state index contributed by atoms with van der Waals surface area (Å²) >= 11 is 0. The van der Waals surface area contributed by atoms with Crippen molar-refractivity contribution in [3.8, 4) is 0 Å². The molecule has 1 aromatic rings. The zero-order chi connectivity index (χ0) is 14.8. The van der Waals surface area contributed by atoms with Crippen molar-refractivity contribution in [3.63, 3.8) is 0 Å². The third-order valence-corrected chi connectivity index (χ3v) is 4.25. The topological polar surface area (TPSA) is 66.4 Å². The van der Waals surface area contributed by atoms with Crippen LogP contribution in [0.1, 0.15) is 54.9 Å². The number of hydrogen-bond acceptors (Lipinski definition) is 2. The second kappa shape index (κ2) is 5.65. The number of carboxylic acids is 1. The maximum atomic E-state index is 12.5. The molecule has 1 fully saturated rings. The van der Waals surface area contributed by atoms with Crippen LogP contribution < -0.4 is 5.32 Å². The summed E-state index contributed by atoms with van der Waals surface area (Å²) in [6, 6.07) is 5.02. The lowest BCUT2D eigenvalue weighted by molar-refractivity contribution is -0.126. The molecule has 0 saturated heterocycles. The number of rotatable bonds is 3. The molecule has 0 aromatic heterocycles. The van der Waals surface area contributed by atoms with Crippen molar-refractivity contribution >= 4 is 17.6 Å². The van der Waals surface area contributed by atoms with Gasteiger partial charge < -0.3 is 10.4 Å². The minimum absolute atomic E-state index is 0.0611. The molecule has 0 radical (unpaired) electrons. The maximum absolute atomic E-state index is 12.5. The number of carbonyl (C=O) groups is 2. The number of carboxylic acid groups (broad SMARTS) is 1. The first-order valence-electron chi connectivity index (χ1n) is 7.08. The highest BCUT2D eigenvalue weighted by atomic mass is 16.4. The molecule has 0 bridgehead atoms. The van der Waals surface area contributed by atoms with Crippen LogP contribution in [0.25, 0.3) is 0 Å². The Hall–Kier alpha value is -1.84. The number of anilines is 1. The lowest BCUT2D eigenvalue weighted by atomic mass is 9.75. The van der Waals surface area contributed by atoms with E-state index in [9.17, 15) is 14.7 Å². The first kappa shape index (κ1) is 14.6. The van der Waals surface area contributed by atoms with E-state index in [2.05, 4.69) is 5.32 Å². The van der Waals surface area contributed by atoms with E-state index in [1.54, 1.807) is 6.07 Å². The molecule has 0 unspecified atom stereocenters. The summed E-state index contributed by atoms with van der Waals surface area (Å²) in [6.45, 7) is 3.78. The number of para-hydroxylation sites is 1. The fraction of sp³-hybridized carbons (Fsp3) is 0.500. The molecule has 0 atom stereocenters. The molecule has 1 aromatic carbocycles. The van der Waals surface area contributed by atoms with Gasteiger partial charge in [0.25, 0.3) is 0 Å². The lowest BCUT2D eigenvalue weighted by Crippen LogP contribution is -2.35. The number of hydrogen-bond donors (Lipinski definition) is 2. The summed E-state index contributed by atoms with van der Waals surface area (Å²) in [4.78, 5) is 23.8. The van der Waals surface area contributed by atoms with E-state index >= 15 is 0 Å². The summed E-state index contributed by atoms with van der Waals surface area (Å²) in [5.41, 5.74) is 0.975. The van der Waals surface area contributed by atoms with E-state index in [4.69, 9.17) is 0 Å². The van der Waals surface area contributed by atoms with E-state index in [1.165, 1.54) is 12.5 Å². The van der Waals surface area contributed by atoms with Crippen LogP contribution in [0.15, 0.2) is 18.2 Å². The van der Waals surface area contributed by atoms with Crippen LogP contribution >= 0.6 is 0 Å². The molecule has 2 N–H and O–H groups in total. The van der Waals surface area contributed by atoms with Gasteiger partial charge in [-0.15, -0.1) is 0 Å². The van der Waals surface area contributed by atoms with Crippen molar-refractivity contribution in [3.05, 3.63) is 29.3 Å². The van der Waals surface area contributed by atoms with E-state index in [-0.39, 0.29) is 16.9 Å². The molecule has 0 spiro atoms. The summed E-state index contributed by atoms with van der Waals surface area (Å²) in [5.74, 6) is -1.08. The fourth-order valence-electron chi connectivity index (χ4n) is 2.84. The highest BCUT2D eigenvalue weighted by molar-refractivity contribution is 6.03. The summed E-state index contributed by atoms with van der Waals surface area (Å²) in [6.07, 6.45) is 5.03. The number of benzene rings is 1. The molecular formula is C16H21NO3. The largest absolute Gasteiger partial charge is 0.478 e. The predicted molar refractivity (Wildman–Crippen MR) is 78.0 cm³/mol. The highest BCUT2D eigenvalue weighted by Gasteiger charge is 2.35. The van der Waals surface area contributed by atoms with Gasteiger partial charge in [-0.05, 0) is 31.4 Å². The third kappa shape index (κ3) is 2.84. The number of nitrogens with one attached hydrogen (secondary N) is 1. The Balaban J connectivity index is 2.25. The van der Waals surface area contributed by atoms with Gasteiger partial charge in [0.1, 0.15) is 0 Å². The molecule has 20 heavy (non-hydrogen) atoms. The molecule has 4 heteroatoms. The zero-order valence-electron chi connectivity index (χ0n) is 12.0. The number of aromatic carboxylic acids is 1. The predicted octanol–water partition coefficient (Wildman–Crippen LogP) is 3.60.